The van der Waals surface area contributed by atoms with E-state index in [1.54, 1.807) is 0 Å². The molecule has 0 radical (unpaired) electrons. The van der Waals surface area contributed by atoms with E-state index < -0.39 is 0 Å². The van der Waals surface area contributed by atoms with Gasteiger partial charge in [-0.3, -0.25) is 9.69 Å². The first kappa shape index (κ1) is 21.8. The Hall–Kier alpha value is -1.86. The second-order valence-corrected chi connectivity index (χ2v) is 9.22. The average Bonchev–Trinajstić information content (AvgIpc) is 3.06. The molecule has 1 fully saturated rings. The number of thiophene rings is 1. The molecule has 1 amide bonds. The fourth-order valence-electron chi connectivity index (χ4n) is 3.57. The summed E-state index contributed by atoms with van der Waals surface area (Å²) in [5, 5.41) is 2.99. The highest BCUT2D eigenvalue weighted by atomic mass is 35.5. The first-order valence-corrected chi connectivity index (χ1v) is 11.0. The first-order valence-electron chi connectivity index (χ1n) is 9.80. The van der Waals surface area contributed by atoms with Gasteiger partial charge in [0.2, 0.25) is 5.91 Å². The van der Waals surface area contributed by atoms with Crippen LogP contribution in [-0.2, 0) is 16.1 Å². The minimum Gasteiger partial charge on any atom is -0.372 e. The van der Waals surface area contributed by atoms with Crippen molar-refractivity contribution >= 4 is 40.2 Å². The molecule has 2 heterocycles. The van der Waals surface area contributed by atoms with Crippen molar-refractivity contribution in [3.63, 3.8) is 0 Å². The average molecular weight is 434 g/mol. The van der Waals surface area contributed by atoms with E-state index in [4.69, 9.17) is 16.3 Å². The zero-order valence-corrected chi connectivity index (χ0v) is 18.5. The van der Waals surface area contributed by atoms with Gasteiger partial charge in [0.05, 0.1) is 23.1 Å². The van der Waals surface area contributed by atoms with Crippen molar-refractivity contribution in [1.29, 1.82) is 0 Å². The number of nitrogens with one attached hydrogen (secondary N) is 1. The number of benzene rings is 1. The lowest BCUT2D eigenvalue weighted by atomic mass is 10.2. The molecule has 2 aromatic rings. The summed E-state index contributed by atoms with van der Waals surface area (Å²) in [7, 11) is 0. The van der Waals surface area contributed by atoms with Gasteiger partial charge in [-0.2, -0.15) is 0 Å². The van der Waals surface area contributed by atoms with Gasteiger partial charge in [-0.1, -0.05) is 17.7 Å². The monoisotopic (exact) mass is 433 g/mol. The summed E-state index contributed by atoms with van der Waals surface area (Å²) in [6, 6.07) is 11.9. The standard InChI is InChI=1S/C22H28ClN3O2S/c1-4-11-25(14-20-9-10-21(23)29-20)15-22(27)24-18-5-7-19(8-6-18)26-12-16(2)28-17(3)13-26/h4-10,16-17H,1,11-15H2,2-3H3,(H,24,27). The number of hydrogen-bond acceptors (Lipinski definition) is 5. The molecule has 1 aromatic carbocycles. The quantitative estimate of drug-likeness (QED) is 0.616. The maximum absolute atomic E-state index is 12.5. The third-order valence-electron chi connectivity index (χ3n) is 4.70. The summed E-state index contributed by atoms with van der Waals surface area (Å²) < 4.78 is 6.55. The SMILES string of the molecule is C=CCN(CC(=O)Nc1ccc(N2CC(C)OC(C)C2)cc1)Cc1ccc(Cl)s1. The van der Waals surface area contributed by atoms with Gasteiger partial charge in [-0.25, -0.2) is 0 Å². The highest BCUT2D eigenvalue weighted by Crippen LogP contribution is 2.24. The second kappa shape index (κ2) is 10.3. The van der Waals surface area contributed by atoms with E-state index >= 15 is 0 Å². The van der Waals surface area contributed by atoms with Crippen LogP contribution < -0.4 is 10.2 Å². The van der Waals surface area contributed by atoms with E-state index in [1.807, 2.05) is 35.2 Å². The number of rotatable bonds is 8. The van der Waals surface area contributed by atoms with Crippen molar-refractivity contribution in [2.45, 2.75) is 32.6 Å². The molecule has 3 rings (SSSR count). The molecule has 1 aliphatic heterocycles. The summed E-state index contributed by atoms with van der Waals surface area (Å²) in [6.07, 6.45) is 2.24. The number of anilines is 2. The molecule has 1 aromatic heterocycles. The van der Waals surface area contributed by atoms with Crippen molar-refractivity contribution in [3.05, 3.63) is 58.3 Å². The summed E-state index contributed by atoms with van der Waals surface area (Å²) in [4.78, 5) is 18.0. The predicted octanol–water partition coefficient (Wildman–Crippen LogP) is 4.64. The molecular weight excluding hydrogens is 406 g/mol. The van der Waals surface area contributed by atoms with Crippen LogP contribution in [0.25, 0.3) is 0 Å². The van der Waals surface area contributed by atoms with Crippen LogP contribution in [0.5, 0.6) is 0 Å². The fourth-order valence-corrected chi connectivity index (χ4v) is 4.70. The molecule has 1 saturated heterocycles. The molecule has 2 unspecified atom stereocenters. The summed E-state index contributed by atoms with van der Waals surface area (Å²) >= 11 is 7.54. The number of carbonyl (C=O) groups excluding carboxylic acids is 1. The topological polar surface area (TPSA) is 44.8 Å². The van der Waals surface area contributed by atoms with Crippen molar-refractivity contribution in [3.8, 4) is 0 Å². The maximum atomic E-state index is 12.5. The Morgan fingerprint density at radius 3 is 2.55 bits per heavy atom. The van der Waals surface area contributed by atoms with E-state index in [-0.39, 0.29) is 18.1 Å². The van der Waals surface area contributed by atoms with Gasteiger partial charge in [0.15, 0.2) is 0 Å². The van der Waals surface area contributed by atoms with Crippen molar-refractivity contribution in [2.24, 2.45) is 0 Å². The van der Waals surface area contributed by atoms with Crippen LogP contribution in [-0.4, -0.2) is 49.2 Å². The zero-order chi connectivity index (χ0) is 20.8. The van der Waals surface area contributed by atoms with Gasteiger partial charge in [-0.05, 0) is 50.2 Å². The smallest absolute Gasteiger partial charge is 0.238 e. The van der Waals surface area contributed by atoms with Gasteiger partial charge >= 0.3 is 0 Å². The first-order chi connectivity index (χ1) is 13.9. The molecule has 1 N–H and O–H groups in total. The highest BCUT2D eigenvalue weighted by molar-refractivity contribution is 7.16. The van der Waals surface area contributed by atoms with Crippen LogP contribution in [0.4, 0.5) is 11.4 Å². The van der Waals surface area contributed by atoms with E-state index in [0.717, 1.165) is 33.7 Å². The van der Waals surface area contributed by atoms with Crippen molar-refractivity contribution in [2.75, 3.05) is 36.4 Å². The third kappa shape index (κ3) is 6.57. The lowest BCUT2D eigenvalue weighted by Gasteiger charge is -2.36. The Labute approximate surface area is 181 Å². The van der Waals surface area contributed by atoms with Crippen molar-refractivity contribution in [1.82, 2.24) is 4.90 Å². The lowest BCUT2D eigenvalue weighted by Crippen LogP contribution is -2.45. The number of morpholine rings is 1. The Kier molecular flexibility index (Phi) is 7.72. The molecule has 1 aliphatic rings. The Bertz CT molecular complexity index is 814. The minimum absolute atomic E-state index is 0.0455. The van der Waals surface area contributed by atoms with Crippen LogP contribution in [0.3, 0.4) is 0 Å². The molecule has 29 heavy (non-hydrogen) atoms. The number of ether oxygens (including phenoxy) is 1. The molecule has 0 saturated carbocycles. The van der Waals surface area contributed by atoms with Crippen LogP contribution in [0, 0.1) is 0 Å². The highest BCUT2D eigenvalue weighted by Gasteiger charge is 2.22. The zero-order valence-electron chi connectivity index (χ0n) is 16.9. The normalized spacial score (nSPS) is 19.4. The van der Waals surface area contributed by atoms with Crippen molar-refractivity contribution < 1.29 is 9.53 Å². The van der Waals surface area contributed by atoms with Gasteiger partial charge in [0.1, 0.15) is 0 Å². The predicted molar refractivity (Wildman–Crippen MR) is 122 cm³/mol. The van der Waals surface area contributed by atoms with Crippen LogP contribution in [0.2, 0.25) is 4.34 Å². The minimum atomic E-state index is -0.0455. The second-order valence-electron chi connectivity index (χ2n) is 7.42. The fraction of sp³-hybridized carbons (Fsp3) is 0.409. The Morgan fingerprint density at radius 2 is 1.97 bits per heavy atom. The van der Waals surface area contributed by atoms with E-state index in [0.29, 0.717) is 19.6 Å². The number of halogens is 1. The van der Waals surface area contributed by atoms with Gasteiger partial charge in [0.25, 0.3) is 0 Å². The Morgan fingerprint density at radius 1 is 1.28 bits per heavy atom. The number of hydrogen-bond donors (Lipinski definition) is 1. The molecule has 0 bridgehead atoms. The molecule has 7 heteroatoms. The van der Waals surface area contributed by atoms with Crippen LogP contribution in [0.15, 0.2) is 49.1 Å². The molecule has 5 nitrogen and oxygen atoms in total. The van der Waals surface area contributed by atoms with Gasteiger partial charge in [0, 0.05) is 42.4 Å². The van der Waals surface area contributed by atoms with Crippen LogP contribution >= 0.6 is 22.9 Å². The summed E-state index contributed by atoms with van der Waals surface area (Å²) in [5.74, 6) is -0.0455. The van der Waals surface area contributed by atoms with E-state index in [9.17, 15) is 4.79 Å². The number of nitrogens with zero attached hydrogens (tertiary/aromatic N) is 2. The largest absolute Gasteiger partial charge is 0.372 e. The van der Waals surface area contributed by atoms with E-state index in [1.165, 1.54) is 11.3 Å². The number of amides is 1. The maximum Gasteiger partial charge on any atom is 0.238 e. The summed E-state index contributed by atoms with van der Waals surface area (Å²) in [5.41, 5.74) is 1.94. The van der Waals surface area contributed by atoms with Crippen LogP contribution in [0.1, 0.15) is 18.7 Å². The van der Waals surface area contributed by atoms with Gasteiger partial charge < -0.3 is 15.0 Å². The molecular formula is C22H28ClN3O2S. The summed E-state index contributed by atoms with van der Waals surface area (Å²) in [6.45, 7) is 11.3. The number of carbonyl (C=O) groups is 1. The molecule has 2 atom stereocenters. The van der Waals surface area contributed by atoms with Gasteiger partial charge in [-0.15, -0.1) is 17.9 Å². The Balaban J connectivity index is 1.55. The molecule has 156 valence electrons. The lowest BCUT2D eigenvalue weighted by molar-refractivity contribution is -0.117. The van der Waals surface area contributed by atoms with E-state index in [2.05, 4.69) is 42.8 Å². The molecule has 0 aliphatic carbocycles. The molecule has 0 spiro atoms. The third-order valence-corrected chi connectivity index (χ3v) is 5.91.